The van der Waals surface area contributed by atoms with Crippen molar-refractivity contribution >= 4 is 5.91 Å². The molecular weight excluding hydrogens is 398 g/mol. The van der Waals surface area contributed by atoms with Gasteiger partial charge in [0.2, 0.25) is 5.91 Å². The van der Waals surface area contributed by atoms with Crippen molar-refractivity contribution in [2.75, 3.05) is 0 Å². The summed E-state index contributed by atoms with van der Waals surface area (Å²) in [6.07, 6.45) is 0. The lowest BCUT2D eigenvalue weighted by Gasteiger charge is -2.20. The summed E-state index contributed by atoms with van der Waals surface area (Å²) in [5.74, 6) is -0.282. The van der Waals surface area contributed by atoms with Crippen LogP contribution in [0.1, 0.15) is 28.3 Å². The molecule has 0 atom stereocenters. The first-order valence-corrected chi connectivity index (χ1v) is 10.6. The van der Waals surface area contributed by atoms with E-state index in [1.54, 1.807) is 6.07 Å². The van der Waals surface area contributed by atoms with Gasteiger partial charge in [0.05, 0.1) is 11.7 Å². The van der Waals surface area contributed by atoms with E-state index in [0.29, 0.717) is 5.69 Å². The number of nitrogens with one attached hydrogen (secondary N) is 1. The molecule has 0 unspecified atom stereocenters. The Morgan fingerprint density at radius 2 is 1.50 bits per heavy atom. The van der Waals surface area contributed by atoms with Gasteiger partial charge in [-0.1, -0.05) is 78.4 Å². The number of hydrogen-bond donors (Lipinski definition) is 1. The highest BCUT2D eigenvalue weighted by atomic mass is 16.2. The first kappa shape index (κ1) is 21.2. The van der Waals surface area contributed by atoms with Crippen LogP contribution in [-0.2, 0) is 11.3 Å². The highest BCUT2D eigenvalue weighted by Gasteiger charge is 2.18. The van der Waals surface area contributed by atoms with Crippen LogP contribution < -0.4 is 10.9 Å². The van der Waals surface area contributed by atoms with E-state index in [1.807, 2.05) is 92.7 Å². The Labute approximate surface area is 187 Å². The van der Waals surface area contributed by atoms with Crippen LogP contribution in [0.2, 0.25) is 0 Å². The predicted octanol–water partition coefficient (Wildman–Crippen LogP) is 4.43. The van der Waals surface area contributed by atoms with Crippen LogP contribution >= 0.6 is 0 Å². The first-order valence-electron chi connectivity index (χ1n) is 10.6. The molecule has 0 bridgehead atoms. The molecule has 0 aliphatic rings. The second kappa shape index (κ2) is 9.43. The van der Waals surface area contributed by atoms with E-state index in [9.17, 15) is 9.59 Å². The van der Waals surface area contributed by atoms with E-state index in [4.69, 9.17) is 0 Å². The van der Waals surface area contributed by atoms with Crippen LogP contribution in [0.4, 0.5) is 0 Å². The SMILES string of the molecule is Cc1ccc(C)c(-c2ccc(=O)n(CC(=O)NC(c3ccccc3)c3ccccc3)n2)c1. The minimum absolute atomic E-state index is 0.159. The van der Waals surface area contributed by atoms with Crippen LogP contribution in [0.15, 0.2) is 95.8 Å². The molecule has 32 heavy (non-hydrogen) atoms. The van der Waals surface area contributed by atoms with Gasteiger partial charge in [-0.2, -0.15) is 5.10 Å². The third-order valence-electron chi connectivity index (χ3n) is 5.40. The molecule has 160 valence electrons. The summed E-state index contributed by atoms with van der Waals surface area (Å²) in [4.78, 5) is 25.4. The molecule has 5 heteroatoms. The number of amides is 1. The second-order valence-electron chi connectivity index (χ2n) is 7.85. The lowest BCUT2D eigenvalue weighted by molar-refractivity contribution is -0.122. The average molecular weight is 424 g/mol. The van der Waals surface area contributed by atoms with Crippen LogP contribution in [0, 0.1) is 13.8 Å². The van der Waals surface area contributed by atoms with Gasteiger partial charge < -0.3 is 5.32 Å². The normalized spacial score (nSPS) is 10.8. The smallest absolute Gasteiger partial charge is 0.267 e. The summed E-state index contributed by atoms with van der Waals surface area (Å²) < 4.78 is 1.22. The van der Waals surface area contributed by atoms with Gasteiger partial charge in [-0.15, -0.1) is 0 Å². The maximum atomic E-state index is 13.0. The van der Waals surface area contributed by atoms with E-state index in [2.05, 4.69) is 10.4 Å². The summed E-state index contributed by atoms with van der Waals surface area (Å²) in [6, 6.07) is 28.5. The fraction of sp³-hybridized carbons (Fsp3) is 0.148. The molecule has 1 amide bonds. The highest BCUT2D eigenvalue weighted by Crippen LogP contribution is 2.23. The summed E-state index contributed by atoms with van der Waals surface area (Å²) in [7, 11) is 0. The van der Waals surface area contributed by atoms with Crippen molar-refractivity contribution in [3.63, 3.8) is 0 Å². The molecule has 0 aliphatic heterocycles. The van der Waals surface area contributed by atoms with E-state index in [0.717, 1.165) is 27.8 Å². The van der Waals surface area contributed by atoms with Crippen molar-refractivity contribution in [1.82, 2.24) is 15.1 Å². The molecule has 0 spiro atoms. The van der Waals surface area contributed by atoms with Crippen LogP contribution in [0.3, 0.4) is 0 Å². The van der Waals surface area contributed by atoms with Gasteiger partial charge in [-0.05, 0) is 42.7 Å². The molecule has 1 aromatic heterocycles. The molecular formula is C27H25N3O2. The summed E-state index contributed by atoms with van der Waals surface area (Å²) >= 11 is 0. The monoisotopic (exact) mass is 423 g/mol. The summed E-state index contributed by atoms with van der Waals surface area (Å²) in [6.45, 7) is 3.86. The van der Waals surface area contributed by atoms with Crippen LogP contribution in [-0.4, -0.2) is 15.7 Å². The van der Waals surface area contributed by atoms with Crippen molar-refractivity contribution < 1.29 is 4.79 Å². The molecule has 0 saturated heterocycles. The molecule has 3 aromatic carbocycles. The lowest BCUT2D eigenvalue weighted by atomic mass is 9.99. The number of carbonyl (C=O) groups excluding carboxylic acids is 1. The Morgan fingerprint density at radius 1 is 0.875 bits per heavy atom. The van der Waals surface area contributed by atoms with E-state index in [1.165, 1.54) is 10.7 Å². The number of nitrogens with zero attached hydrogens (tertiary/aromatic N) is 2. The van der Waals surface area contributed by atoms with Crippen molar-refractivity contribution in [2.45, 2.75) is 26.4 Å². The molecule has 0 saturated carbocycles. The van der Waals surface area contributed by atoms with Gasteiger partial charge in [0.25, 0.3) is 5.56 Å². The number of aryl methyl sites for hydroxylation is 2. The predicted molar refractivity (Wildman–Crippen MR) is 126 cm³/mol. The zero-order valence-electron chi connectivity index (χ0n) is 18.2. The van der Waals surface area contributed by atoms with Gasteiger partial charge in [0.15, 0.2) is 0 Å². The first-order chi connectivity index (χ1) is 15.5. The maximum Gasteiger partial charge on any atom is 0.267 e. The number of hydrogen-bond acceptors (Lipinski definition) is 3. The third-order valence-corrected chi connectivity index (χ3v) is 5.40. The van der Waals surface area contributed by atoms with Crippen molar-refractivity contribution in [1.29, 1.82) is 0 Å². The van der Waals surface area contributed by atoms with E-state index >= 15 is 0 Å². The Kier molecular flexibility index (Phi) is 6.26. The van der Waals surface area contributed by atoms with Gasteiger partial charge in [0, 0.05) is 11.6 Å². The standard InChI is InChI=1S/C27H25N3O2/c1-19-13-14-20(2)23(17-19)24-15-16-26(32)30(29-24)18-25(31)28-27(21-9-5-3-6-10-21)22-11-7-4-8-12-22/h3-17,27H,18H2,1-2H3,(H,28,31). The summed E-state index contributed by atoms with van der Waals surface area (Å²) in [5, 5.41) is 7.55. The van der Waals surface area contributed by atoms with Gasteiger partial charge in [-0.25, -0.2) is 4.68 Å². The Bertz CT molecular complexity index is 1240. The van der Waals surface area contributed by atoms with E-state index in [-0.39, 0.29) is 24.1 Å². The Hall–Kier alpha value is -3.99. The second-order valence-corrected chi connectivity index (χ2v) is 7.85. The van der Waals surface area contributed by atoms with Crippen molar-refractivity contribution in [3.05, 3.63) is 124 Å². The fourth-order valence-electron chi connectivity index (χ4n) is 3.71. The zero-order valence-corrected chi connectivity index (χ0v) is 18.2. The van der Waals surface area contributed by atoms with Crippen LogP contribution in [0.5, 0.6) is 0 Å². The molecule has 4 rings (SSSR count). The highest BCUT2D eigenvalue weighted by molar-refractivity contribution is 5.77. The molecule has 0 fully saturated rings. The third kappa shape index (κ3) is 4.83. The van der Waals surface area contributed by atoms with E-state index < -0.39 is 0 Å². The molecule has 1 heterocycles. The number of carbonyl (C=O) groups is 1. The van der Waals surface area contributed by atoms with Gasteiger partial charge >= 0.3 is 0 Å². The maximum absolute atomic E-state index is 13.0. The molecule has 4 aromatic rings. The van der Waals surface area contributed by atoms with Crippen molar-refractivity contribution in [3.8, 4) is 11.3 Å². The Balaban J connectivity index is 1.60. The average Bonchev–Trinajstić information content (AvgIpc) is 2.82. The summed E-state index contributed by atoms with van der Waals surface area (Å²) in [5.41, 5.74) is 5.41. The molecule has 0 radical (unpaired) electrons. The molecule has 5 nitrogen and oxygen atoms in total. The topological polar surface area (TPSA) is 64.0 Å². The van der Waals surface area contributed by atoms with Gasteiger partial charge in [-0.3, -0.25) is 9.59 Å². The number of aromatic nitrogens is 2. The largest absolute Gasteiger partial charge is 0.344 e. The number of rotatable bonds is 6. The quantitative estimate of drug-likeness (QED) is 0.499. The molecule has 0 aliphatic carbocycles. The zero-order chi connectivity index (χ0) is 22.5. The van der Waals surface area contributed by atoms with Gasteiger partial charge in [0.1, 0.15) is 6.54 Å². The number of benzene rings is 3. The van der Waals surface area contributed by atoms with Crippen molar-refractivity contribution in [2.24, 2.45) is 0 Å². The lowest BCUT2D eigenvalue weighted by Crippen LogP contribution is -2.36. The fourth-order valence-corrected chi connectivity index (χ4v) is 3.71. The molecule has 1 N–H and O–H groups in total. The Morgan fingerprint density at radius 3 is 2.12 bits per heavy atom. The minimum atomic E-state index is -0.317. The van der Waals surface area contributed by atoms with Crippen LogP contribution in [0.25, 0.3) is 11.3 Å². The minimum Gasteiger partial charge on any atom is -0.344 e.